The van der Waals surface area contributed by atoms with Crippen LogP contribution in [-0.2, 0) is 6.54 Å². The summed E-state index contributed by atoms with van der Waals surface area (Å²) in [7, 11) is 2.07. The molecule has 4 heteroatoms. The van der Waals surface area contributed by atoms with E-state index < -0.39 is 0 Å². The number of rotatable bonds is 4. The molecule has 0 bridgehead atoms. The van der Waals surface area contributed by atoms with Gasteiger partial charge in [0, 0.05) is 28.5 Å². The predicted octanol–water partition coefficient (Wildman–Crippen LogP) is 3.35. The Bertz CT molecular complexity index is 397. The van der Waals surface area contributed by atoms with E-state index in [0.29, 0.717) is 6.04 Å². The van der Waals surface area contributed by atoms with Gasteiger partial charge in [-0.05, 0) is 50.4 Å². The summed E-state index contributed by atoms with van der Waals surface area (Å²) >= 11 is 5.38. The van der Waals surface area contributed by atoms with Crippen LogP contribution < -0.4 is 5.32 Å². The van der Waals surface area contributed by atoms with Crippen LogP contribution in [0.25, 0.3) is 0 Å². The Morgan fingerprint density at radius 3 is 3.06 bits per heavy atom. The first-order valence-corrected chi connectivity index (χ1v) is 8.46. The summed E-state index contributed by atoms with van der Waals surface area (Å²) < 4.78 is 1.17. The Labute approximate surface area is 123 Å². The maximum absolute atomic E-state index is 3.55. The minimum atomic E-state index is 0.659. The quantitative estimate of drug-likeness (QED) is 0.853. The van der Waals surface area contributed by atoms with Crippen molar-refractivity contribution in [2.24, 2.45) is 0 Å². The first kappa shape index (κ1) is 14.4. The molecule has 1 aromatic rings. The van der Waals surface area contributed by atoms with E-state index in [1.807, 2.05) is 11.8 Å². The fraction of sp³-hybridized carbons (Fsp3) is 0.571. The van der Waals surface area contributed by atoms with Crippen LogP contribution in [0, 0.1) is 0 Å². The Balaban J connectivity index is 2.04. The zero-order valence-electron chi connectivity index (χ0n) is 11.1. The minimum absolute atomic E-state index is 0.659. The van der Waals surface area contributed by atoms with Gasteiger partial charge in [-0.25, -0.2) is 0 Å². The standard InChI is InChI=1S/C14H21BrN2S/c1-16-13-4-3-7-17(10-13)9-11-5-6-12(15)8-14(11)18-2/h5-6,8,13,16H,3-4,7,9-10H2,1-2H3. The molecule has 1 aromatic carbocycles. The predicted molar refractivity (Wildman–Crippen MR) is 83.3 cm³/mol. The molecular formula is C14H21BrN2S. The van der Waals surface area contributed by atoms with Crippen LogP contribution in [0.4, 0.5) is 0 Å². The number of benzene rings is 1. The molecule has 100 valence electrons. The molecule has 1 unspecified atom stereocenters. The van der Waals surface area contributed by atoms with Gasteiger partial charge in [-0.15, -0.1) is 11.8 Å². The Kier molecular flexibility index (Phi) is 5.55. The molecule has 1 aliphatic heterocycles. The van der Waals surface area contributed by atoms with Crippen molar-refractivity contribution in [1.29, 1.82) is 0 Å². The minimum Gasteiger partial charge on any atom is -0.316 e. The number of likely N-dealkylation sites (N-methyl/N-ethyl adjacent to an activating group) is 1. The third kappa shape index (κ3) is 3.73. The normalized spacial score (nSPS) is 21.2. The van der Waals surface area contributed by atoms with E-state index in [0.717, 1.165) is 6.54 Å². The monoisotopic (exact) mass is 328 g/mol. The van der Waals surface area contributed by atoms with Crippen molar-refractivity contribution in [3.05, 3.63) is 28.2 Å². The number of halogens is 1. The number of likely N-dealkylation sites (tertiary alicyclic amines) is 1. The average Bonchev–Trinajstić information content (AvgIpc) is 2.41. The molecule has 2 nitrogen and oxygen atoms in total. The summed E-state index contributed by atoms with van der Waals surface area (Å²) in [5, 5.41) is 3.40. The molecule has 1 fully saturated rings. The summed E-state index contributed by atoms with van der Waals surface area (Å²) in [6.45, 7) is 3.46. The molecule has 0 spiro atoms. The van der Waals surface area contributed by atoms with Crippen molar-refractivity contribution < 1.29 is 0 Å². The summed E-state index contributed by atoms with van der Waals surface area (Å²) in [5.41, 5.74) is 1.45. The summed E-state index contributed by atoms with van der Waals surface area (Å²) in [6.07, 6.45) is 4.76. The van der Waals surface area contributed by atoms with Gasteiger partial charge in [0.25, 0.3) is 0 Å². The van der Waals surface area contributed by atoms with E-state index in [4.69, 9.17) is 0 Å². The molecule has 1 saturated heterocycles. The van der Waals surface area contributed by atoms with Gasteiger partial charge in [-0.3, -0.25) is 4.90 Å². The van der Waals surface area contributed by atoms with Crippen LogP contribution in [0.1, 0.15) is 18.4 Å². The molecule has 1 atom stereocenters. The van der Waals surface area contributed by atoms with Crippen molar-refractivity contribution in [3.63, 3.8) is 0 Å². The van der Waals surface area contributed by atoms with Crippen LogP contribution in [0.5, 0.6) is 0 Å². The second kappa shape index (κ2) is 6.94. The lowest BCUT2D eigenvalue weighted by molar-refractivity contribution is 0.187. The third-order valence-corrected chi connectivity index (χ3v) is 4.87. The second-order valence-electron chi connectivity index (χ2n) is 4.82. The Morgan fingerprint density at radius 1 is 1.50 bits per heavy atom. The van der Waals surface area contributed by atoms with Crippen LogP contribution >= 0.6 is 27.7 Å². The van der Waals surface area contributed by atoms with Crippen LogP contribution in [-0.4, -0.2) is 37.3 Å². The van der Waals surface area contributed by atoms with E-state index >= 15 is 0 Å². The SMILES string of the molecule is CNC1CCCN(Cc2ccc(Br)cc2SC)C1. The lowest BCUT2D eigenvalue weighted by atomic mass is 10.1. The molecule has 0 amide bonds. The van der Waals surface area contributed by atoms with Gasteiger partial charge in [-0.1, -0.05) is 22.0 Å². The summed E-state index contributed by atoms with van der Waals surface area (Å²) in [6, 6.07) is 7.28. The number of nitrogens with one attached hydrogen (secondary N) is 1. The molecule has 0 aliphatic carbocycles. The second-order valence-corrected chi connectivity index (χ2v) is 6.58. The fourth-order valence-corrected chi connectivity index (χ4v) is 3.68. The molecule has 1 aliphatic rings. The molecule has 0 aromatic heterocycles. The van der Waals surface area contributed by atoms with Crippen LogP contribution in [0.15, 0.2) is 27.6 Å². The van der Waals surface area contributed by atoms with Gasteiger partial charge < -0.3 is 5.32 Å². The number of nitrogens with zero attached hydrogens (tertiary/aromatic N) is 1. The number of piperidine rings is 1. The topological polar surface area (TPSA) is 15.3 Å². The molecule has 0 saturated carbocycles. The molecule has 1 heterocycles. The highest BCUT2D eigenvalue weighted by Crippen LogP contribution is 2.26. The first-order chi connectivity index (χ1) is 8.72. The van der Waals surface area contributed by atoms with Gasteiger partial charge in [0.05, 0.1) is 0 Å². The average molecular weight is 329 g/mol. The summed E-state index contributed by atoms with van der Waals surface area (Å²) in [4.78, 5) is 3.95. The van der Waals surface area contributed by atoms with Gasteiger partial charge in [0.2, 0.25) is 0 Å². The smallest absolute Gasteiger partial charge is 0.0245 e. The largest absolute Gasteiger partial charge is 0.316 e. The van der Waals surface area contributed by atoms with Gasteiger partial charge in [-0.2, -0.15) is 0 Å². The lowest BCUT2D eigenvalue weighted by Crippen LogP contribution is -2.43. The highest BCUT2D eigenvalue weighted by atomic mass is 79.9. The van der Waals surface area contributed by atoms with E-state index in [2.05, 4.69) is 57.6 Å². The maximum Gasteiger partial charge on any atom is 0.0245 e. The molecule has 1 N–H and O–H groups in total. The number of thioether (sulfide) groups is 1. The zero-order valence-corrected chi connectivity index (χ0v) is 13.5. The number of hydrogen-bond donors (Lipinski definition) is 1. The maximum atomic E-state index is 3.55. The van der Waals surface area contributed by atoms with Crippen LogP contribution in [0.2, 0.25) is 0 Å². The van der Waals surface area contributed by atoms with Gasteiger partial charge >= 0.3 is 0 Å². The Morgan fingerprint density at radius 2 is 2.33 bits per heavy atom. The molecular weight excluding hydrogens is 308 g/mol. The highest BCUT2D eigenvalue weighted by molar-refractivity contribution is 9.10. The third-order valence-electron chi connectivity index (χ3n) is 3.56. The van der Waals surface area contributed by atoms with E-state index in [9.17, 15) is 0 Å². The molecule has 2 rings (SSSR count). The van der Waals surface area contributed by atoms with Crippen molar-refractivity contribution in [3.8, 4) is 0 Å². The van der Waals surface area contributed by atoms with Crippen molar-refractivity contribution in [2.75, 3.05) is 26.4 Å². The van der Waals surface area contributed by atoms with Crippen molar-refractivity contribution >= 4 is 27.7 Å². The van der Waals surface area contributed by atoms with E-state index in [-0.39, 0.29) is 0 Å². The number of hydrogen-bond acceptors (Lipinski definition) is 3. The van der Waals surface area contributed by atoms with E-state index in [1.54, 1.807) is 0 Å². The van der Waals surface area contributed by atoms with Crippen molar-refractivity contribution in [1.82, 2.24) is 10.2 Å². The fourth-order valence-electron chi connectivity index (χ4n) is 2.52. The van der Waals surface area contributed by atoms with Crippen molar-refractivity contribution in [2.45, 2.75) is 30.3 Å². The molecule has 0 radical (unpaired) electrons. The highest BCUT2D eigenvalue weighted by Gasteiger charge is 2.19. The van der Waals surface area contributed by atoms with Gasteiger partial charge in [0.1, 0.15) is 0 Å². The lowest BCUT2D eigenvalue weighted by Gasteiger charge is -2.32. The zero-order chi connectivity index (χ0) is 13.0. The summed E-state index contributed by atoms with van der Waals surface area (Å²) in [5.74, 6) is 0. The van der Waals surface area contributed by atoms with Gasteiger partial charge in [0.15, 0.2) is 0 Å². The first-order valence-electron chi connectivity index (χ1n) is 6.45. The Hall–Kier alpha value is -0.0300. The molecule has 18 heavy (non-hydrogen) atoms. The van der Waals surface area contributed by atoms with Crippen LogP contribution in [0.3, 0.4) is 0 Å². The van der Waals surface area contributed by atoms with E-state index in [1.165, 1.54) is 40.9 Å².